The van der Waals surface area contributed by atoms with E-state index in [-0.39, 0.29) is 43.8 Å². The molecular weight excluding hydrogens is 590 g/mol. The van der Waals surface area contributed by atoms with Crippen molar-refractivity contribution in [3.63, 3.8) is 0 Å². The highest BCUT2D eigenvalue weighted by Crippen LogP contribution is 2.28. The van der Waals surface area contributed by atoms with Crippen LogP contribution in [0.3, 0.4) is 0 Å². The van der Waals surface area contributed by atoms with E-state index in [0.29, 0.717) is 57.2 Å². The van der Waals surface area contributed by atoms with Crippen molar-refractivity contribution >= 4 is 29.6 Å². The molecule has 3 amide bonds. The predicted molar refractivity (Wildman–Crippen MR) is 171 cm³/mol. The molecule has 0 radical (unpaired) electrons. The molecule has 1 aromatic carbocycles. The fraction of sp³-hybridized carbons (Fsp3) is 0.559. The van der Waals surface area contributed by atoms with Crippen LogP contribution in [0.4, 0.5) is 10.5 Å². The van der Waals surface area contributed by atoms with Gasteiger partial charge in [-0.3, -0.25) is 14.4 Å². The third-order valence-corrected chi connectivity index (χ3v) is 9.27. The largest absolute Gasteiger partial charge is 0.481 e. The van der Waals surface area contributed by atoms with Crippen molar-refractivity contribution in [3.05, 3.63) is 48.2 Å². The number of hydrogen-bond acceptors (Lipinski definition) is 8. The van der Waals surface area contributed by atoms with Crippen LogP contribution >= 0.6 is 0 Å². The summed E-state index contributed by atoms with van der Waals surface area (Å²) >= 11 is 0. The van der Waals surface area contributed by atoms with Crippen LogP contribution in [0.25, 0.3) is 11.3 Å². The molecular formula is C34H45N5O7. The molecule has 3 heterocycles. The van der Waals surface area contributed by atoms with E-state index in [0.717, 1.165) is 17.7 Å². The van der Waals surface area contributed by atoms with E-state index in [4.69, 9.17) is 4.74 Å². The number of hydrogen-bond donors (Lipinski definition) is 3. The van der Waals surface area contributed by atoms with E-state index < -0.39 is 23.8 Å². The number of aliphatic hydroxyl groups is 1. The van der Waals surface area contributed by atoms with Crippen LogP contribution in [0.2, 0.25) is 0 Å². The molecule has 12 nitrogen and oxygen atoms in total. The van der Waals surface area contributed by atoms with Gasteiger partial charge in [-0.2, -0.15) is 0 Å². The van der Waals surface area contributed by atoms with Gasteiger partial charge in [0.25, 0.3) is 5.91 Å². The minimum absolute atomic E-state index is 0.0847. The molecule has 3 aliphatic rings. The van der Waals surface area contributed by atoms with Gasteiger partial charge in [0.2, 0.25) is 5.91 Å². The minimum Gasteiger partial charge on any atom is -0.481 e. The summed E-state index contributed by atoms with van der Waals surface area (Å²) in [4.78, 5) is 61.3. The lowest BCUT2D eigenvalue weighted by Gasteiger charge is -2.36. The number of aromatic nitrogens is 1. The van der Waals surface area contributed by atoms with Gasteiger partial charge in [-0.15, -0.1) is 0 Å². The molecule has 3 fully saturated rings. The van der Waals surface area contributed by atoms with E-state index >= 15 is 0 Å². The fourth-order valence-electron chi connectivity index (χ4n) is 6.49. The van der Waals surface area contributed by atoms with Gasteiger partial charge in [0.05, 0.1) is 18.4 Å². The normalized spacial score (nSPS) is 18.3. The number of rotatable bonds is 11. The number of amides is 3. The van der Waals surface area contributed by atoms with Crippen molar-refractivity contribution in [2.75, 3.05) is 50.8 Å². The van der Waals surface area contributed by atoms with Gasteiger partial charge in [-0.25, -0.2) is 9.78 Å². The molecule has 0 bridgehead atoms. The second-order valence-corrected chi connectivity index (χ2v) is 12.5. The summed E-state index contributed by atoms with van der Waals surface area (Å²) in [6.45, 7) is 2.74. The summed E-state index contributed by atoms with van der Waals surface area (Å²) in [6.07, 6.45) is 5.84. The van der Waals surface area contributed by atoms with Gasteiger partial charge in [0.1, 0.15) is 11.7 Å². The van der Waals surface area contributed by atoms with Gasteiger partial charge < -0.3 is 35.0 Å². The predicted octanol–water partition coefficient (Wildman–Crippen LogP) is 3.53. The summed E-state index contributed by atoms with van der Waals surface area (Å²) < 4.78 is 5.49. The van der Waals surface area contributed by atoms with Crippen LogP contribution in [-0.4, -0.2) is 107 Å². The Morgan fingerprint density at radius 1 is 0.913 bits per heavy atom. The average Bonchev–Trinajstić information content (AvgIpc) is 3.60. The smallest absolute Gasteiger partial charge is 0.409 e. The number of nitrogens with zero attached hydrogens (tertiary/aromatic N) is 4. The number of pyridine rings is 1. The fourth-order valence-corrected chi connectivity index (χ4v) is 6.49. The Morgan fingerprint density at radius 3 is 2.26 bits per heavy atom. The molecule has 3 N–H and O–H groups in total. The molecule has 2 aromatic rings. The monoisotopic (exact) mass is 635 g/mol. The van der Waals surface area contributed by atoms with E-state index in [2.05, 4.69) is 15.2 Å². The van der Waals surface area contributed by atoms with Crippen LogP contribution in [0.15, 0.2) is 42.5 Å². The summed E-state index contributed by atoms with van der Waals surface area (Å²) in [7, 11) is 0. The van der Waals surface area contributed by atoms with E-state index in [1.807, 2.05) is 36.4 Å². The summed E-state index contributed by atoms with van der Waals surface area (Å²) in [5.41, 5.74) is 2.31. The second-order valence-electron chi connectivity index (χ2n) is 12.5. The van der Waals surface area contributed by atoms with E-state index in [1.165, 1.54) is 25.7 Å². The first kappa shape index (κ1) is 33.2. The zero-order valence-electron chi connectivity index (χ0n) is 26.3. The summed E-state index contributed by atoms with van der Waals surface area (Å²) in [6, 6.07) is 12.0. The van der Waals surface area contributed by atoms with Crippen molar-refractivity contribution in [2.24, 2.45) is 5.92 Å². The van der Waals surface area contributed by atoms with Crippen LogP contribution in [0, 0.1) is 5.92 Å². The van der Waals surface area contributed by atoms with E-state index in [1.54, 1.807) is 15.9 Å². The van der Waals surface area contributed by atoms with Crippen LogP contribution in [-0.2, 0) is 14.3 Å². The van der Waals surface area contributed by atoms with Gasteiger partial charge in [-0.1, -0.05) is 56.0 Å². The molecule has 2 aliphatic heterocycles. The maximum Gasteiger partial charge on any atom is 0.409 e. The molecule has 1 saturated carbocycles. The standard InChI is InChI=1S/C34H45N5O7/c40-27-12-15-37(16-13-27)26-22-29(25-8-2-1-3-9-25)35-30(23-26)32(43)36-28(10-11-31(41)42)33(44)38-17-19-39(20-18-38)34(45)46-21-14-24-6-4-5-7-24/h1-3,8-9,22-24,27-28,40H,4-7,10-21H2,(H,36,43)(H,41,42)/t28-/m0/s1. The van der Waals surface area contributed by atoms with Crippen LogP contribution < -0.4 is 10.2 Å². The first-order valence-electron chi connectivity index (χ1n) is 16.5. The highest BCUT2D eigenvalue weighted by Gasteiger charge is 2.32. The van der Waals surface area contributed by atoms with Gasteiger partial charge in [0.15, 0.2) is 0 Å². The molecule has 248 valence electrons. The maximum atomic E-state index is 13.7. The number of carboxylic acids is 1. The molecule has 46 heavy (non-hydrogen) atoms. The summed E-state index contributed by atoms with van der Waals surface area (Å²) in [5, 5.41) is 22.1. The molecule has 0 unspecified atom stereocenters. The van der Waals surface area contributed by atoms with Crippen molar-refractivity contribution in [1.82, 2.24) is 20.1 Å². The average molecular weight is 636 g/mol. The first-order valence-corrected chi connectivity index (χ1v) is 16.5. The number of carbonyl (C=O) groups is 4. The molecule has 5 rings (SSSR count). The Labute approximate surface area is 269 Å². The van der Waals surface area contributed by atoms with Crippen LogP contribution in [0.5, 0.6) is 0 Å². The first-order chi connectivity index (χ1) is 22.3. The topological polar surface area (TPSA) is 153 Å². The molecule has 0 spiro atoms. The van der Waals surface area contributed by atoms with Gasteiger partial charge in [-0.05, 0) is 43.7 Å². The van der Waals surface area contributed by atoms with Crippen molar-refractivity contribution in [2.45, 2.75) is 69.9 Å². The zero-order valence-corrected chi connectivity index (χ0v) is 26.3. The number of ether oxygens (including phenoxy) is 1. The number of piperazine rings is 1. The molecule has 1 aromatic heterocycles. The lowest BCUT2D eigenvalue weighted by Crippen LogP contribution is -2.56. The Morgan fingerprint density at radius 2 is 1.59 bits per heavy atom. The molecule has 2 saturated heterocycles. The lowest BCUT2D eigenvalue weighted by atomic mass is 10.1. The lowest BCUT2D eigenvalue weighted by molar-refractivity contribution is -0.138. The number of aliphatic hydroxyl groups excluding tert-OH is 1. The van der Waals surface area contributed by atoms with Crippen molar-refractivity contribution < 1.29 is 34.1 Å². The molecule has 1 atom stereocenters. The van der Waals surface area contributed by atoms with Gasteiger partial charge >= 0.3 is 12.1 Å². The number of aliphatic carboxylic acids is 1. The van der Waals surface area contributed by atoms with Gasteiger partial charge in [0, 0.05) is 56.9 Å². The Hall–Kier alpha value is -4.19. The maximum absolute atomic E-state index is 13.7. The Bertz CT molecular complexity index is 1350. The highest BCUT2D eigenvalue weighted by atomic mass is 16.6. The minimum atomic E-state index is -1.08. The Kier molecular flexibility index (Phi) is 11.5. The highest BCUT2D eigenvalue weighted by molar-refractivity contribution is 5.97. The number of nitrogens with one attached hydrogen (secondary N) is 1. The number of piperidine rings is 1. The molecule has 1 aliphatic carbocycles. The quantitative estimate of drug-likeness (QED) is 0.337. The SMILES string of the molecule is O=C(O)CC[C@H](NC(=O)c1cc(N2CCC(O)CC2)cc(-c2ccccc2)n1)C(=O)N1CCN(C(=O)OCCC2CCCC2)CC1. The number of carbonyl (C=O) groups excluding carboxylic acids is 3. The van der Waals surface area contributed by atoms with Crippen molar-refractivity contribution in [3.8, 4) is 11.3 Å². The zero-order chi connectivity index (χ0) is 32.5. The third-order valence-electron chi connectivity index (χ3n) is 9.27. The summed E-state index contributed by atoms with van der Waals surface area (Å²) in [5.74, 6) is -1.42. The molecule has 12 heteroatoms. The second kappa shape index (κ2) is 15.9. The number of anilines is 1. The Balaban J connectivity index is 1.25. The third kappa shape index (κ3) is 8.96. The van der Waals surface area contributed by atoms with Crippen molar-refractivity contribution in [1.29, 1.82) is 0 Å². The number of carboxylic acid groups (broad SMARTS) is 1. The van der Waals surface area contributed by atoms with E-state index in [9.17, 15) is 29.4 Å². The number of benzene rings is 1. The van der Waals surface area contributed by atoms with Crippen LogP contribution in [0.1, 0.15) is 68.3 Å².